The minimum atomic E-state index is 0.223. The number of fused-ring (bicyclic) bond motifs is 2. The van der Waals surface area contributed by atoms with Gasteiger partial charge in [0.2, 0.25) is 5.91 Å². The molecule has 2 saturated heterocycles. The van der Waals surface area contributed by atoms with Crippen molar-refractivity contribution in [2.75, 3.05) is 12.8 Å². The van der Waals surface area contributed by atoms with Gasteiger partial charge >= 0.3 is 0 Å². The molecule has 0 radical (unpaired) electrons. The van der Waals surface area contributed by atoms with Crippen molar-refractivity contribution in [2.45, 2.75) is 48.7 Å². The van der Waals surface area contributed by atoms with Gasteiger partial charge in [-0.3, -0.25) is 4.79 Å². The van der Waals surface area contributed by atoms with Crippen LogP contribution in [0.15, 0.2) is 29.2 Å². The topological polar surface area (TPSA) is 32.3 Å². The van der Waals surface area contributed by atoms with Crippen LogP contribution in [0.4, 0.5) is 0 Å². The maximum atomic E-state index is 12.4. The van der Waals surface area contributed by atoms with Crippen molar-refractivity contribution in [2.24, 2.45) is 0 Å². The van der Waals surface area contributed by atoms with Crippen LogP contribution < -0.4 is 5.32 Å². The van der Waals surface area contributed by atoms with Gasteiger partial charge in [0.25, 0.3) is 0 Å². The maximum absolute atomic E-state index is 12.4. The molecule has 0 aliphatic carbocycles. The Labute approximate surface area is 135 Å². The van der Waals surface area contributed by atoms with Crippen molar-refractivity contribution < 1.29 is 4.79 Å². The molecule has 114 valence electrons. The molecule has 1 aromatic rings. The molecule has 1 amide bonds. The molecule has 21 heavy (non-hydrogen) atoms. The zero-order valence-electron chi connectivity index (χ0n) is 12.2. The third kappa shape index (κ3) is 3.74. The Morgan fingerprint density at radius 2 is 1.90 bits per heavy atom. The first-order valence-corrected chi connectivity index (χ1v) is 8.88. The molecule has 1 aromatic carbocycles. The monoisotopic (exact) mass is 324 g/mol. The van der Waals surface area contributed by atoms with Gasteiger partial charge in [-0.25, -0.2) is 0 Å². The molecule has 2 bridgehead atoms. The number of piperidine rings is 1. The van der Waals surface area contributed by atoms with Crippen molar-refractivity contribution in [1.29, 1.82) is 0 Å². The van der Waals surface area contributed by atoms with Crippen LogP contribution in [0.1, 0.15) is 25.7 Å². The Morgan fingerprint density at radius 3 is 2.52 bits per heavy atom. The predicted molar refractivity (Wildman–Crippen MR) is 87.9 cm³/mol. The highest BCUT2D eigenvalue weighted by Crippen LogP contribution is 2.30. The molecule has 3 nitrogen and oxygen atoms in total. The molecule has 2 aliphatic rings. The van der Waals surface area contributed by atoms with E-state index in [0.29, 0.717) is 23.9 Å². The van der Waals surface area contributed by atoms with Gasteiger partial charge < -0.3 is 10.2 Å². The fourth-order valence-corrected chi connectivity index (χ4v) is 4.27. The van der Waals surface area contributed by atoms with E-state index < -0.39 is 0 Å². The second-order valence-electron chi connectivity index (χ2n) is 6.01. The molecule has 2 unspecified atom stereocenters. The zero-order valence-corrected chi connectivity index (χ0v) is 13.8. The van der Waals surface area contributed by atoms with Gasteiger partial charge in [-0.05, 0) is 49.9 Å². The Hall–Kier alpha value is -0.710. The van der Waals surface area contributed by atoms with Crippen molar-refractivity contribution in [3.8, 4) is 0 Å². The number of amides is 1. The number of halogens is 1. The van der Waals surface area contributed by atoms with Crippen LogP contribution in [0.2, 0.25) is 5.02 Å². The summed E-state index contributed by atoms with van der Waals surface area (Å²) in [6, 6.07) is 9.30. The number of nitrogens with one attached hydrogen (secondary N) is 1. The van der Waals surface area contributed by atoms with Crippen LogP contribution in [0.3, 0.4) is 0 Å². The normalized spacial score (nSPS) is 27.6. The maximum Gasteiger partial charge on any atom is 0.232 e. The van der Waals surface area contributed by atoms with Gasteiger partial charge in [-0.15, -0.1) is 11.8 Å². The third-order valence-corrected chi connectivity index (χ3v) is 5.81. The van der Waals surface area contributed by atoms with Crippen LogP contribution in [0, 0.1) is 0 Å². The number of carbonyl (C=O) groups is 1. The lowest BCUT2D eigenvalue weighted by Crippen LogP contribution is -2.49. The Kier molecular flexibility index (Phi) is 4.77. The summed E-state index contributed by atoms with van der Waals surface area (Å²) < 4.78 is 0. The van der Waals surface area contributed by atoms with Crippen molar-refractivity contribution in [3.63, 3.8) is 0 Å². The van der Waals surface area contributed by atoms with Crippen LogP contribution in [-0.4, -0.2) is 41.7 Å². The number of hydrogen-bond donors (Lipinski definition) is 1. The van der Waals surface area contributed by atoms with Gasteiger partial charge in [0.05, 0.1) is 5.75 Å². The first-order chi connectivity index (χ1) is 10.1. The van der Waals surface area contributed by atoms with Gasteiger partial charge in [-0.1, -0.05) is 11.6 Å². The van der Waals surface area contributed by atoms with E-state index in [9.17, 15) is 4.79 Å². The number of thioether (sulfide) groups is 1. The lowest BCUT2D eigenvalue weighted by Gasteiger charge is -2.35. The van der Waals surface area contributed by atoms with Gasteiger partial charge in [0, 0.05) is 35.1 Å². The summed E-state index contributed by atoms with van der Waals surface area (Å²) in [6.45, 7) is 0. The Bertz CT molecular complexity index is 496. The van der Waals surface area contributed by atoms with Gasteiger partial charge in [-0.2, -0.15) is 0 Å². The minimum absolute atomic E-state index is 0.223. The highest BCUT2D eigenvalue weighted by atomic mass is 35.5. The Morgan fingerprint density at radius 1 is 1.29 bits per heavy atom. The third-order valence-electron chi connectivity index (χ3n) is 4.57. The highest BCUT2D eigenvalue weighted by molar-refractivity contribution is 8.00. The number of carbonyl (C=O) groups excluding carboxylic acids is 1. The summed E-state index contributed by atoms with van der Waals surface area (Å²) in [5.74, 6) is 0.721. The standard InChI is InChI=1S/C16H21ClN2OS/c1-19(14-8-12-4-5-13(9-14)18-12)16(20)10-21-15-6-2-11(17)3-7-15/h2-3,6-7,12-14,18H,4-5,8-10H2,1H3. The van der Waals surface area contributed by atoms with E-state index >= 15 is 0 Å². The number of nitrogens with zero attached hydrogens (tertiary/aromatic N) is 1. The summed E-state index contributed by atoms with van der Waals surface area (Å²) in [5.41, 5.74) is 0. The van der Waals surface area contributed by atoms with E-state index in [-0.39, 0.29) is 5.91 Å². The molecule has 2 aliphatic heterocycles. The second-order valence-corrected chi connectivity index (χ2v) is 7.50. The summed E-state index contributed by atoms with van der Waals surface area (Å²) in [5, 5.41) is 4.35. The van der Waals surface area contributed by atoms with Gasteiger partial charge in [0.15, 0.2) is 0 Å². The molecule has 0 spiro atoms. The first kappa shape index (κ1) is 15.2. The van der Waals surface area contributed by atoms with Crippen molar-refractivity contribution in [3.05, 3.63) is 29.3 Å². The molecule has 2 fully saturated rings. The van der Waals surface area contributed by atoms with Crippen LogP contribution >= 0.6 is 23.4 Å². The molecule has 2 heterocycles. The van der Waals surface area contributed by atoms with E-state index in [1.807, 2.05) is 36.2 Å². The first-order valence-electron chi connectivity index (χ1n) is 7.52. The smallest absolute Gasteiger partial charge is 0.232 e. The SMILES string of the molecule is CN(C(=O)CSc1ccc(Cl)cc1)C1CC2CCC(C1)N2. The fraction of sp³-hybridized carbons (Fsp3) is 0.562. The van der Waals surface area contributed by atoms with Crippen molar-refractivity contribution >= 4 is 29.3 Å². The Balaban J connectivity index is 1.51. The van der Waals surface area contributed by atoms with Gasteiger partial charge in [0.1, 0.15) is 0 Å². The predicted octanol–water partition coefficient (Wildman–Crippen LogP) is 3.17. The van der Waals surface area contributed by atoms with E-state index in [4.69, 9.17) is 11.6 Å². The summed E-state index contributed by atoms with van der Waals surface area (Å²) in [6.07, 6.45) is 4.74. The highest BCUT2D eigenvalue weighted by Gasteiger charge is 2.36. The minimum Gasteiger partial charge on any atom is -0.342 e. The van der Waals surface area contributed by atoms with Crippen LogP contribution in [0.25, 0.3) is 0 Å². The summed E-state index contributed by atoms with van der Waals surface area (Å²) in [7, 11) is 1.96. The largest absolute Gasteiger partial charge is 0.342 e. The summed E-state index contributed by atoms with van der Waals surface area (Å²) in [4.78, 5) is 15.4. The van der Waals surface area contributed by atoms with Crippen LogP contribution in [0.5, 0.6) is 0 Å². The van der Waals surface area contributed by atoms with E-state index in [0.717, 1.165) is 22.8 Å². The molecular weight excluding hydrogens is 304 g/mol. The molecular formula is C16H21ClN2OS. The molecule has 0 saturated carbocycles. The number of rotatable bonds is 4. The molecule has 3 rings (SSSR count). The van der Waals surface area contributed by atoms with Crippen molar-refractivity contribution in [1.82, 2.24) is 10.2 Å². The molecule has 0 aromatic heterocycles. The fourth-order valence-electron chi connectivity index (χ4n) is 3.32. The lowest BCUT2D eigenvalue weighted by atomic mass is 9.98. The van der Waals surface area contributed by atoms with Crippen LogP contribution in [-0.2, 0) is 4.79 Å². The second kappa shape index (κ2) is 6.59. The average molecular weight is 325 g/mol. The number of benzene rings is 1. The zero-order chi connectivity index (χ0) is 14.8. The average Bonchev–Trinajstić information content (AvgIpc) is 2.84. The molecule has 2 atom stereocenters. The van der Waals surface area contributed by atoms with E-state index in [1.54, 1.807) is 11.8 Å². The van der Waals surface area contributed by atoms with E-state index in [1.165, 1.54) is 12.8 Å². The van der Waals surface area contributed by atoms with E-state index in [2.05, 4.69) is 5.32 Å². The lowest BCUT2D eigenvalue weighted by molar-refractivity contribution is -0.129. The quantitative estimate of drug-likeness (QED) is 0.863. The summed E-state index contributed by atoms with van der Waals surface area (Å²) >= 11 is 7.45. The molecule has 5 heteroatoms. The molecule has 1 N–H and O–H groups in total. The number of hydrogen-bond acceptors (Lipinski definition) is 3.